The Morgan fingerprint density at radius 3 is 0.937 bits per heavy atom. The molecule has 0 bridgehead atoms. The first-order valence-electron chi connectivity index (χ1n) is 34.9. The molecule has 0 rings (SSSR count). The molecule has 9 heteroatoms. The van der Waals surface area contributed by atoms with Crippen LogP contribution in [0.25, 0.3) is 0 Å². The number of hydrogen-bond donors (Lipinski definition) is 1. The van der Waals surface area contributed by atoms with E-state index >= 15 is 0 Å². The van der Waals surface area contributed by atoms with E-state index in [-0.39, 0.29) is 38.2 Å². The van der Waals surface area contributed by atoms with Crippen LogP contribution in [-0.2, 0) is 33.3 Å². The van der Waals surface area contributed by atoms with Gasteiger partial charge in [-0.3, -0.25) is 9.59 Å². The topological polar surface area (TPSA) is 108 Å². The number of likely N-dealkylation sites (N-methyl/N-ethyl adjacent to an activating group) is 1. The SMILES string of the molecule is CCCCCCCCCC/C=C\CCCCCCCCCCCCCC(=O)OC(COC(=O)CCCCCCCCCCCCCCCCCCCCCCCCCCCCCCCCC)COC(OCC[N+](C)(C)C)C(=O)O. The maximum absolute atomic E-state index is 12.9. The zero-order chi connectivity index (χ0) is 57.6. The molecule has 9 nitrogen and oxygen atoms in total. The first-order chi connectivity index (χ1) is 38.6. The van der Waals surface area contributed by atoms with E-state index in [1.165, 1.54) is 295 Å². The predicted octanol–water partition coefficient (Wildman–Crippen LogP) is 21.3. The van der Waals surface area contributed by atoms with Crippen molar-refractivity contribution in [3.05, 3.63) is 12.2 Å². The number of nitrogens with zero attached hydrogens (tertiary/aromatic N) is 1. The van der Waals surface area contributed by atoms with Crippen LogP contribution in [0.3, 0.4) is 0 Å². The molecule has 79 heavy (non-hydrogen) atoms. The Kier molecular flexibility index (Phi) is 60.5. The van der Waals surface area contributed by atoms with Crippen molar-refractivity contribution >= 4 is 17.9 Å². The van der Waals surface area contributed by atoms with Gasteiger partial charge in [0.25, 0.3) is 6.29 Å². The smallest absolute Gasteiger partial charge is 0.361 e. The summed E-state index contributed by atoms with van der Waals surface area (Å²) in [6, 6.07) is 0. The van der Waals surface area contributed by atoms with E-state index in [0.29, 0.717) is 17.4 Å². The molecular weight excluding hydrogens is 983 g/mol. The second-order valence-corrected chi connectivity index (χ2v) is 25.2. The zero-order valence-corrected chi connectivity index (χ0v) is 53.6. The number of carbonyl (C=O) groups is 3. The minimum absolute atomic E-state index is 0.175. The van der Waals surface area contributed by atoms with Crippen molar-refractivity contribution in [1.82, 2.24) is 0 Å². The number of quaternary nitrogens is 1. The van der Waals surface area contributed by atoms with Gasteiger partial charge in [-0.05, 0) is 38.5 Å². The average molecular weight is 1120 g/mol. The normalized spacial score (nSPS) is 12.7. The Labute approximate surface area is 491 Å². The van der Waals surface area contributed by atoms with Crippen LogP contribution in [0, 0.1) is 0 Å². The van der Waals surface area contributed by atoms with Gasteiger partial charge < -0.3 is 28.5 Å². The van der Waals surface area contributed by atoms with Crippen LogP contribution in [-0.4, -0.2) is 87.4 Å². The highest BCUT2D eigenvalue weighted by molar-refractivity contribution is 5.71. The summed E-state index contributed by atoms with van der Waals surface area (Å²) >= 11 is 0. The molecule has 468 valence electrons. The number of ether oxygens (including phenoxy) is 4. The van der Waals surface area contributed by atoms with Gasteiger partial charge in [-0.25, -0.2) is 4.79 Å². The molecule has 2 unspecified atom stereocenters. The van der Waals surface area contributed by atoms with Crippen molar-refractivity contribution in [2.45, 2.75) is 373 Å². The van der Waals surface area contributed by atoms with Gasteiger partial charge in [0.15, 0.2) is 6.10 Å². The summed E-state index contributed by atoms with van der Waals surface area (Å²) in [7, 11) is 5.99. The zero-order valence-electron chi connectivity index (χ0n) is 53.6. The van der Waals surface area contributed by atoms with Crippen LogP contribution < -0.4 is 0 Å². The lowest BCUT2D eigenvalue weighted by Gasteiger charge is -2.25. The van der Waals surface area contributed by atoms with Gasteiger partial charge in [-0.15, -0.1) is 0 Å². The van der Waals surface area contributed by atoms with Crippen LogP contribution in [0.1, 0.15) is 361 Å². The number of rotatable bonds is 66. The molecule has 0 aromatic carbocycles. The van der Waals surface area contributed by atoms with Gasteiger partial charge in [0.1, 0.15) is 13.2 Å². The lowest BCUT2D eigenvalue weighted by Crippen LogP contribution is -2.40. The second-order valence-electron chi connectivity index (χ2n) is 25.2. The fourth-order valence-electron chi connectivity index (χ4n) is 10.7. The van der Waals surface area contributed by atoms with Gasteiger partial charge in [0.2, 0.25) is 0 Å². The van der Waals surface area contributed by atoms with Gasteiger partial charge >= 0.3 is 17.9 Å². The molecule has 0 aromatic rings. The Morgan fingerprint density at radius 2 is 0.646 bits per heavy atom. The average Bonchev–Trinajstić information content (AvgIpc) is 3.42. The van der Waals surface area contributed by atoms with E-state index in [0.717, 1.165) is 38.5 Å². The number of unbranched alkanes of at least 4 members (excludes halogenated alkanes) is 49. The Hall–Kier alpha value is -1.97. The van der Waals surface area contributed by atoms with Crippen LogP contribution in [0.2, 0.25) is 0 Å². The van der Waals surface area contributed by atoms with Gasteiger partial charge in [0.05, 0.1) is 34.4 Å². The number of carbonyl (C=O) groups excluding carboxylic acids is 2. The largest absolute Gasteiger partial charge is 0.477 e. The highest BCUT2D eigenvalue weighted by atomic mass is 16.7. The van der Waals surface area contributed by atoms with Crippen molar-refractivity contribution in [3.63, 3.8) is 0 Å². The van der Waals surface area contributed by atoms with Crippen LogP contribution >= 0.6 is 0 Å². The summed E-state index contributed by atoms with van der Waals surface area (Å²) in [5, 5.41) is 9.74. The first-order valence-corrected chi connectivity index (χ1v) is 34.9. The molecule has 0 amide bonds. The quantitative estimate of drug-likeness (QED) is 0.0211. The Morgan fingerprint density at radius 1 is 0.367 bits per heavy atom. The van der Waals surface area contributed by atoms with Crippen molar-refractivity contribution in [1.29, 1.82) is 0 Å². The third-order valence-corrected chi connectivity index (χ3v) is 16.0. The molecular formula is C70H136NO8+. The molecule has 0 aliphatic heterocycles. The minimum Gasteiger partial charge on any atom is -0.477 e. The standard InChI is InChI=1S/C70H135NO8/c1-6-8-10-12-14-16-18-20-22-24-26-28-30-31-32-33-34-35-36-37-39-40-42-44-46-48-50-52-54-56-58-60-67(72)77-64-66(65-78-70(69(74)75)76-63-62-71(3,4)5)79-68(73)61-59-57-55-53-51-49-47-45-43-41-38-29-27-25-23-21-19-17-15-13-11-9-7-2/h25,27,66,70H,6-24,26,28-65H2,1-5H3/p+1/b27-25-. The maximum atomic E-state index is 12.9. The number of carboxylic acids is 1. The second kappa shape index (κ2) is 62.1. The van der Waals surface area contributed by atoms with E-state index in [1.807, 2.05) is 21.1 Å². The lowest BCUT2D eigenvalue weighted by molar-refractivity contribution is -0.870. The minimum atomic E-state index is -1.51. The molecule has 0 spiro atoms. The number of aliphatic carboxylic acids is 1. The van der Waals surface area contributed by atoms with Crippen LogP contribution in [0.15, 0.2) is 12.2 Å². The maximum Gasteiger partial charge on any atom is 0.361 e. The predicted molar refractivity (Wildman–Crippen MR) is 337 cm³/mol. The lowest BCUT2D eigenvalue weighted by atomic mass is 10.0. The van der Waals surface area contributed by atoms with Crippen molar-refractivity contribution in [2.75, 3.05) is 47.5 Å². The third-order valence-electron chi connectivity index (χ3n) is 16.0. The van der Waals surface area contributed by atoms with E-state index in [2.05, 4.69) is 26.0 Å². The molecule has 2 atom stereocenters. The fourth-order valence-corrected chi connectivity index (χ4v) is 10.7. The molecule has 0 aliphatic carbocycles. The van der Waals surface area contributed by atoms with Crippen LogP contribution in [0.4, 0.5) is 0 Å². The van der Waals surface area contributed by atoms with Crippen molar-refractivity contribution in [3.8, 4) is 0 Å². The van der Waals surface area contributed by atoms with E-state index in [1.54, 1.807) is 0 Å². The highest BCUT2D eigenvalue weighted by Crippen LogP contribution is 2.19. The van der Waals surface area contributed by atoms with Gasteiger partial charge in [-0.2, -0.15) is 0 Å². The molecule has 0 fully saturated rings. The van der Waals surface area contributed by atoms with Crippen molar-refractivity contribution in [2.24, 2.45) is 0 Å². The number of esters is 2. The molecule has 0 aliphatic rings. The van der Waals surface area contributed by atoms with E-state index in [9.17, 15) is 19.5 Å². The van der Waals surface area contributed by atoms with Crippen LogP contribution in [0.5, 0.6) is 0 Å². The summed E-state index contributed by atoms with van der Waals surface area (Å²) < 4.78 is 23.0. The van der Waals surface area contributed by atoms with Gasteiger partial charge in [-0.1, -0.05) is 321 Å². The summed E-state index contributed by atoms with van der Waals surface area (Å²) in [4.78, 5) is 37.6. The summed E-state index contributed by atoms with van der Waals surface area (Å²) in [5.41, 5.74) is 0. The molecule has 0 aromatic heterocycles. The fraction of sp³-hybridized carbons (Fsp3) is 0.929. The molecule has 0 saturated heterocycles. The Balaban J connectivity index is 4.04. The summed E-state index contributed by atoms with van der Waals surface area (Å²) in [6.07, 6.45) is 71.9. The third kappa shape index (κ3) is 63.5. The molecule has 1 N–H and O–H groups in total. The first kappa shape index (κ1) is 77.0. The number of carboxylic acid groups (broad SMARTS) is 1. The monoisotopic (exact) mass is 1120 g/mol. The molecule has 0 heterocycles. The Bertz CT molecular complexity index is 1300. The van der Waals surface area contributed by atoms with Crippen molar-refractivity contribution < 1.29 is 42.9 Å². The van der Waals surface area contributed by atoms with E-state index in [4.69, 9.17) is 18.9 Å². The molecule has 0 radical (unpaired) electrons. The van der Waals surface area contributed by atoms with Gasteiger partial charge in [0, 0.05) is 12.8 Å². The van der Waals surface area contributed by atoms with E-state index < -0.39 is 18.4 Å². The molecule has 0 saturated carbocycles. The summed E-state index contributed by atoms with van der Waals surface area (Å²) in [6.45, 7) is 4.96. The number of allylic oxidation sites excluding steroid dienone is 2. The number of hydrogen-bond acceptors (Lipinski definition) is 7. The highest BCUT2D eigenvalue weighted by Gasteiger charge is 2.25. The summed E-state index contributed by atoms with van der Waals surface area (Å²) in [5.74, 6) is -1.97.